The van der Waals surface area contributed by atoms with Crippen LogP contribution in [-0.4, -0.2) is 59.9 Å². The summed E-state index contributed by atoms with van der Waals surface area (Å²) >= 11 is 0. The van der Waals surface area contributed by atoms with Crippen molar-refractivity contribution >= 4 is 39.8 Å². The lowest BCUT2D eigenvalue weighted by molar-refractivity contribution is 0.0281. The van der Waals surface area contributed by atoms with E-state index in [-0.39, 0.29) is 19.0 Å². The maximum Gasteiger partial charge on any atom is 0.410 e. The number of carbonyl (C=O) groups is 1. The van der Waals surface area contributed by atoms with Crippen molar-refractivity contribution in [2.75, 3.05) is 18.4 Å². The standard InChI is InChI=1S/C25H28FN7O3/c1-14-9-18-15(7-6-8-27-18)10-17(14)29-22-28-11-19-21(30-22)33(23(34)31(19)5)20-13-32(12-16(20)26)24(35)36-25(2,3)4/h6-11,16,20H,12-13H2,1-5H3,(H,28,29,30)/t16-,20-/m1/s1. The van der Waals surface area contributed by atoms with E-state index in [1.165, 1.54) is 20.2 Å². The fourth-order valence-corrected chi connectivity index (χ4v) is 4.44. The first-order chi connectivity index (χ1) is 17.0. The van der Waals surface area contributed by atoms with E-state index in [0.717, 1.165) is 22.2 Å². The zero-order chi connectivity index (χ0) is 25.8. The number of ether oxygens (including phenoxy) is 1. The summed E-state index contributed by atoms with van der Waals surface area (Å²) in [6.45, 7) is 7.03. The van der Waals surface area contributed by atoms with E-state index in [2.05, 4.69) is 20.3 Å². The second kappa shape index (κ2) is 8.58. The molecule has 0 saturated carbocycles. The van der Waals surface area contributed by atoms with Crippen LogP contribution in [0.4, 0.5) is 20.8 Å². The van der Waals surface area contributed by atoms with Crippen molar-refractivity contribution in [2.45, 2.75) is 45.5 Å². The van der Waals surface area contributed by atoms with Crippen molar-refractivity contribution in [3.8, 4) is 0 Å². The van der Waals surface area contributed by atoms with E-state index in [4.69, 9.17) is 4.74 Å². The van der Waals surface area contributed by atoms with E-state index >= 15 is 4.39 Å². The first-order valence-electron chi connectivity index (χ1n) is 11.7. The number of likely N-dealkylation sites (tertiary alicyclic amines) is 1. The number of nitrogens with zero attached hydrogens (tertiary/aromatic N) is 6. The van der Waals surface area contributed by atoms with Gasteiger partial charge in [0.25, 0.3) is 0 Å². The predicted octanol–water partition coefficient (Wildman–Crippen LogP) is 3.86. The summed E-state index contributed by atoms with van der Waals surface area (Å²) in [6.07, 6.45) is 1.21. The molecule has 1 amide bonds. The number of carbonyl (C=O) groups excluding carboxylic acids is 1. The minimum Gasteiger partial charge on any atom is -0.444 e. The highest BCUT2D eigenvalue weighted by Crippen LogP contribution is 2.29. The summed E-state index contributed by atoms with van der Waals surface area (Å²) in [5, 5.41) is 4.17. The van der Waals surface area contributed by atoms with Crippen LogP contribution in [0.25, 0.3) is 22.1 Å². The van der Waals surface area contributed by atoms with Gasteiger partial charge >= 0.3 is 11.8 Å². The molecule has 1 aliphatic rings. The summed E-state index contributed by atoms with van der Waals surface area (Å²) in [5.41, 5.74) is 2.23. The van der Waals surface area contributed by atoms with Crippen LogP contribution < -0.4 is 11.0 Å². The van der Waals surface area contributed by atoms with Crippen LogP contribution in [-0.2, 0) is 11.8 Å². The number of pyridine rings is 1. The summed E-state index contributed by atoms with van der Waals surface area (Å²) < 4.78 is 23.3. The average Bonchev–Trinajstić information content (AvgIpc) is 3.30. The largest absolute Gasteiger partial charge is 0.444 e. The number of imidazole rings is 1. The van der Waals surface area contributed by atoms with Gasteiger partial charge in [-0.3, -0.25) is 14.1 Å². The van der Waals surface area contributed by atoms with Gasteiger partial charge in [-0.2, -0.15) is 4.98 Å². The Morgan fingerprint density at radius 3 is 2.75 bits per heavy atom. The predicted molar refractivity (Wildman–Crippen MR) is 134 cm³/mol. The maximum absolute atomic E-state index is 15.2. The Kier molecular flexibility index (Phi) is 5.65. The normalized spacial score (nSPS) is 18.2. The van der Waals surface area contributed by atoms with Crippen LogP contribution in [0.15, 0.2) is 41.5 Å². The van der Waals surface area contributed by atoms with Crippen molar-refractivity contribution < 1.29 is 13.9 Å². The monoisotopic (exact) mass is 493 g/mol. The molecular formula is C25H28FN7O3. The van der Waals surface area contributed by atoms with Crippen LogP contribution in [0, 0.1) is 6.92 Å². The van der Waals surface area contributed by atoms with E-state index in [9.17, 15) is 9.59 Å². The molecule has 4 heterocycles. The number of benzene rings is 1. The Balaban J connectivity index is 1.50. The van der Waals surface area contributed by atoms with Crippen LogP contribution >= 0.6 is 0 Å². The number of hydrogen-bond donors (Lipinski definition) is 1. The summed E-state index contributed by atoms with van der Waals surface area (Å²) in [4.78, 5) is 40.3. The van der Waals surface area contributed by atoms with Gasteiger partial charge in [0, 0.05) is 30.9 Å². The second-order valence-electron chi connectivity index (χ2n) is 10.1. The third-order valence-electron chi connectivity index (χ3n) is 6.23. The molecule has 188 valence electrons. The molecule has 0 radical (unpaired) electrons. The quantitative estimate of drug-likeness (QED) is 0.462. The lowest BCUT2D eigenvalue weighted by Crippen LogP contribution is -2.36. The fraction of sp³-hybridized carbons (Fsp3) is 0.400. The number of amides is 1. The molecule has 2 atom stereocenters. The van der Waals surface area contributed by atoms with Gasteiger partial charge in [0.1, 0.15) is 17.3 Å². The van der Waals surface area contributed by atoms with Gasteiger partial charge in [-0.15, -0.1) is 0 Å². The van der Waals surface area contributed by atoms with E-state index in [1.807, 2.05) is 31.2 Å². The van der Waals surface area contributed by atoms with Crippen molar-refractivity contribution in [1.29, 1.82) is 0 Å². The molecule has 10 nitrogen and oxygen atoms in total. The number of anilines is 2. The fourth-order valence-electron chi connectivity index (χ4n) is 4.44. The van der Waals surface area contributed by atoms with Crippen LogP contribution in [0.1, 0.15) is 32.4 Å². The third kappa shape index (κ3) is 4.25. The lowest BCUT2D eigenvalue weighted by Gasteiger charge is -2.24. The van der Waals surface area contributed by atoms with Gasteiger partial charge in [0.05, 0.1) is 24.3 Å². The van der Waals surface area contributed by atoms with Gasteiger partial charge in [0.15, 0.2) is 5.65 Å². The number of nitrogens with one attached hydrogen (secondary N) is 1. The minimum absolute atomic E-state index is 0.00134. The molecule has 11 heteroatoms. The highest BCUT2D eigenvalue weighted by atomic mass is 19.1. The molecule has 5 rings (SSSR count). The first kappa shape index (κ1) is 23.7. The highest BCUT2D eigenvalue weighted by molar-refractivity contribution is 5.85. The Morgan fingerprint density at radius 1 is 1.22 bits per heavy atom. The van der Waals surface area contributed by atoms with Crippen LogP contribution in [0.2, 0.25) is 0 Å². The van der Waals surface area contributed by atoms with Gasteiger partial charge < -0.3 is 15.0 Å². The average molecular weight is 494 g/mol. The van der Waals surface area contributed by atoms with Gasteiger partial charge in [0.2, 0.25) is 5.95 Å². The zero-order valence-corrected chi connectivity index (χ0v) is 20.8. The van der Waals surface area contributed by atoms with Crippen molar-refractivity contribution in [3.05, 3.63) is 52.7 Å². The number of hydrogen-bond acceptors (Lipinski definition) is 7. The Labute approximate surface area is 206 Å². The Hall–Kier alpha value is -4.02. The minimum atomic E-state index is -1.46. The summed E-state index contributed by atoms with van der Waals surface area (Å²) in [5.74, 6) is 0.269. The van der Waals surface area contributed by atoms with Crippen LogP contribution in [0.5, 0.6) is 0 Å². The van der Waals surface area contributed by atoms with E-state index in [1.54, 1.807) is 34.0 Å². The van der Waals surface area contributed by atoms with Gasteiger partial charge in [-0.25, -0.2) is 19.0 Å². The van der Waals surface area contributed by atoms with Crippen molar-refractivity contribution in [3.63, 3.8) is 0 Å². The number of aryl methyl sites for hydroxylation is 2. The van der Waals surface area contributed by atoms with Crippen LogP contribution in [0.3, 0.4) is 0 Å². The molecule has 1 fully saturated rings. The third-order valence-corrected chi connectivity index (χ3v) is 6.23. The van der Waals surface area contributed by atoms with Crippen molar-refractivity contribution in [1.82, 2.24) is 29.0 Å². The second-order valence-corrected chi connectivity index (χ2v) is 10.1. The summed E-state index contributed by atoms with van der Waals surface area (Å²) in [7, 11) is 1.59. The first-order valence-corrected chi connectivity index (χ1v) is 11.7. The molecule has 36 heavy (non-hydrogen) atoms. The highest BCUT2D eigenvalue weighted by Gasteiger charge is 2.40. The molecule has 0 spiro atoms. The number of aromatic nitrogens is 5. The summed E-state index contributed by atoms with van der Waals surface area (Å²) in [6, 6.07) is 6.85. The zero-order valence-electron chi connectivity index (χ0n) is 20.8. The number of halogens is 1. The SMILES string of the molecule is Cc1cc2ncccc2cc1Nc1ncc2c(n1)n([C@@H]1CN(C(=O)OC(C)(C)C)C[C@H]1F)c(=O)n2C. The maximum atomic E-state index is 15.2. The van der Waals surface area contributed by atoms with Crippen molar-refractivity contribution in [2.24, 2.45) is 7.05 Å². The number of rotatable bonds is 3. The molecule has 4 aromatic rings. The molecule has 0 aliphatic carbocycles. The number of alkyl halides is 1. The van der Waals surface area contributed by atoms with Gasteiger partial charge in [-0.05, 0) is 51.5 Å². The molecule has 0 bridgehead atoms. The number of fused-ring (bicyclic) bond motifs is 2. The molecule has 3 aromatic heterocycles. The molecule has 1 aromatic carbocycles. The molecule has 1 saturated heterocycles. The van der Waals surface area contributed by atoms with E-state index < -0.39 is 29.6 Å². The molecular weight excluding hydrogens is 465 g/mol. The van der Waals surface area contributed by atoms with Gasteiger partial charge in [-0.1, -0.05) is 6.07 Å². The molecule has 1 N–H and O–H groups in total. The Bertz CT molecular complexity index is 1540. The Morgan fingerprint density at radius 2 is 2.00 bits per heavy atom. The topological polar surface area (TPSA) is 107 Å². The molecule has 1 aliphatic heterocycles. The lowest BCUT2D eigenvalue weighted by atomic mass is 10.1. The van der Waals surface area contributed by atoms with E-state index in [0.29, 0.717) is 11.2 Å². The molecule has 0 unspecified atom stereocenters. The smallest absolute Gasteiger partial charge is 0.410 e.